The van der Waals surface area contributed by atoms with Crippen LogP contribution >= 0.6 is 0 Å². The van der Waals surface area contributed by atoms with Gasteiger partial charge in [0.2, 0.25) is 0 Å². The first-order valence-corrected chi connectivity index (χ1v) is 7.80. The Bertz CT molecular complexity index is 526. The maximum Gasteiger partial charge on any atom is 0.308 e. The third kappa shape index (κ3) is 2.34. The van der Waals surface area contributed by atoms with Gasteiger partial charge in [0.05, 0.1) is 5.92 Å². The van der Waals surface area contributed by atoms with Gasteiger partial charge in [-0.15, -0.1) is 0 Å². The van der Waals surface area contributed by atoms with Crippen LogP contribution in [-0.2, 0) is 4.79 Å². The summed E-state index contributed by atoms with van der Waals surface area (Å²) >= 11 is 0. The van der Waals surface area contributed by atoms with E-state index in [0.29, 0.717) is 6.54 Å². The van der Waals surface area contributed by atoms with Crippen LogP contribution in [0.1, 0.15) is 11.5 Å². The highest BCUT2D eigenvalue weighted by Gasteiger charge is 2.53. The van der Waals surface area contributed by atoms with E-state index >= 15 is 0 Å². The van der Waals surface area contributed by atoms with E-state index in [1.54, 1.807) is 12.4 Å². The van der Waals surface area contributed by atoms with Crippen molar-refractivity contribution >= 4 is 5.97 Å². The number of aliphatic carboxylic acids is 1. The van der Waals surface area contributed by atoms with Gasteiger partial charge in [-0.25, -0.2) is 0 Å². The Balaban J connectivity index is 1.45. The molecule has 1 unspecified atom stereocenters. The number of carboxylic acid groups (broad SMARTS) is 1. The average Bonchev–Trinajstić information content (AvgIpc) is 2.89. The number of piperidine rings is 1. The number of fused-ring (bicyclic) bond motifs is 1. The van der Waals surface area contributed by atoms with Crippen LogP contribution in [-0.4, -0.2) is 53.7 Å². The fourth-order valence-corrected chi connectivity index (χ4v) is 4.35. The number of carbonyl (C=O) groups is 1. The Morgan fingerprint density at radius 3 is 2.67 bits per heavy atom. The molecule has 0 aromatic carbocycles. The van der Waals surface area contributed by atoms with Crippen molar-refractivity contribution in [3.63, 3.8) is 0 Å². The molecule has 0 radical (unpaired) electrons. The molecule has 0 bridgehead atoms. The summed E-state index contributed by atoms with van der Waals surface area (Å²) in [5.41, 5.74) is 1.11. The van der Waals surface area contributed by atoms with Crippen LogP contribution in [0.3, 0.4) is 0 Å². The molecular weight excluding hydrogens is 266 g/mol. The molecule has 2 aliphatic heterocycles. The van der Waals surface area contributed by atoms with Crippen molar-refractivity contribution < 1.29 is 9.90 Å². The molecule has 1 saturated carbocycles. The molecule has 1 aromatic rings. The van der Waals surface area contributed by atoms with Gasteiger partial charge >= 0.3 is 5.97 Å². The lowest BCUT2D eigenvalue weighted by Gasteiger charge is -2.17. The molecule has 0 amide bonds. The third-order valence-corrected chi connectivity index (χ3v) is 5.58. The Morgan fingerprint density at radius 2 is 2.00 bits per heavy atom. The largest absolute Gasteiger partial charge is 0.481 e. The van der Waals surface area contributed by atoms with Gasteiger partial charge in [0, 0.05) is 37.9 Å². The number of likely N-dealkylation sites (tertiary alicyclic amines) is 1. The molecule has 2 saturated heterocycles. The monoisotopic (exact) mass is 287 g/mol. The summed E-state index contributed by atoms with van der Waals surface area (Å²) in [6.45, 7) is 4.93. The minimum absolute atomic E-state index is 0.0993. The van der Waals surface area contributed by atoms with Crippen molar-refractivity contribution in [2.45, 2.75) is 5.92 Å². The quantitative estimate of drug-likeness (QED) is 0.851. The molecule has 5 atom stereocenters. The minimum atomic E-state index is -0.669. The second-order valence-corrected chi connectivity index (χ2v) is 6.70. The van der Waals surface area contributed by atoms with Crippen molar-refractivity contribution in [1.82, 2.24) is 15.2 Å². The van der Waals surface area contributed by atoms with Crippen molar-refractivity contribution in [2.24, 2.45) is 23.7 Å². The normalized spacial score (nSPS) is 38.4. The molecule has 3 aliphatic rings. The minimum Gasteiger partial charge on any atom is -0.481 e. The van der Waals surface area contributed by atoms with Crippen LogP contribution in [0.5, 0.6) is 0 Å². The molecule has 3 heterocycles. The van der Waals surface area contributed by atoms with Crippen molar-refractivity contribution in [3.8, 4) is 0 Å². The second kappa shape index (κ2) is 5.07. The van der Waals surface area contributed by atoms with Gasteiger partial charge < -0.3 is 15.3 Å². The van der Waals surface area contributed by atoms with E-state index in [-0.39, 0.29) is 11.8 Å². The van der Waals surface area contributed by atoms with E-state index in [4.69, 9.17) is 0 Å². The highest BCUT2D eigenvalue weighted by molar-refractivity contribution is 5.72. The Labute approximate surface area is 124 Å². The van der Waals surface area contributed by atoms with Gasteiger partial charge in [-0.3, -0.25) is 9.78 Å². The molecule has 0 spiro atoms. The van der Waals surface area contributed by atoms with Gasteiger partial charge in [-0.1, -0.05) is 0 Å². The summed E-state index contributed by atoms with van der Waals surface area (Å²) in [5, 5.41) is 12.9. The van der Waals surface area contributed by atoms with E-state index in [1.165, 1.54) is 0 Å². The van der Waals surface area contributed by atoms with Crippen LogP contribution in [0, 0.1) is 23.7 Å². The van der Waals surface area contributed by atoms with E-state index < -0.39 is 5.97 Å². The number of rotatable bonds is 4. The Hall–Kier alpha value is -1.46. The summed E-state index contributed by atoms with van der Waals surface area (Å²) in [7, 11) is 0. The predicted molar refractivity (Wildman–Crippen MR) is 77.9 cm³/mol. The molecule has 1 aromatic heterocycles. The summed E-state index contributed by atoms with van der Waals surface area (Å²) in [6, 6.07) is 3.92. The van der Waals surface area contributed by atoms with Crippen LogP contribution in [0.4, 0.5) is 0 Å². The number of aromatic nitrogens is 1. The van der Waals surface area contributed by atoms with Gasteiger partial charge in [0.1, 0.15) is 0 Å². The number of pyridine rings is 1. The number of nitrogens with one attached hydrogen (secondary N) is 1. The maximum absolute atomic E-state index is 11.6. The lowest BCUT2D eigenvalue weighted by Crippen LogP contribution is -2.28. The molecule has 112 valence electrons. The SMILES string of the molecule is O=C(O)[C@@H]1CN(CC2[C@H]3CNC[C@@H]23)C[C@H]1c1ccncc1. The van der Waals surface area contributed by atoms with Gasteiger partial charge in [-0.2, -0.15) is 0 Å². The summed E-state index contributed by atoms with van der Waals surface area (Å²) < 4.78 is 0. The highest BCUT2D eigenvalue weighted by atomic mass is 16.4. The first-order valence-electron chi connectivity index (χ1n) is 7.80. The molecule has 4 rings (SSSR count). The number of nitrogens with zero attached hydrogens (tertiary/aromatic N) is 2. The Kier molecular flexibility index (Phi) is 3.19. The van der Waals surface area contributed by atoms with Crippen molar-refractivity contribution in [2.75, 3.05) is 32.7 Å². The Morgan fingerprint density at radius 1 is 1.29 bits per heavy atom. The zero-order valence-electron chi connectivity index (χ0n) is 12.0. The topological polar surface area (TPSA) is 65.5 Å². The van der Waals surface area contributed by atoms with Crippen LogP contribution in [0.25, 0.3) is 0 Å². The molecule has 2 N–H and O–H groups in total. The maximum atomic E-state index is 11.6. The van der Waals surface area contributed by atoms with E-state index in [2.05, 4.69) is 15.2 Å². The van der Waals surface area contributed by atoms with Crippen LogP contribution in [0.15, 0.2) is 24.5 Å². The van der Waals surface area contributed by atoms with E-state index in [0.717, 1.165) is 49.5 Å². The summed E-state index contributed by atoms with van der Waals surface area (Å²) in [4.78, 5) is 18.0. The van der Waals surface area contributed by atoms with Crippen LogP contribution < -0.4 is 5.32 Å². The fraction of sp³-hybridized carbons (Fsp3) is 0.625. The first kappa shape index (κ1) is 13.2. The van der Waals surface area contributed by atoms with Crippen LogP contribution in [0.2, 0.25) is 0 Å². The van der Waals surface area contributed by atoms with Crippen molar-refractivity contribution in [3.05, 3.63) is 30.1 Å². The highest BCUT2D eigenvalue weighted by Crippen LogP contribution is 2.49. The molecule has 1 aliphatic carbocycles. The van der Waals surface area contributed by atoms with Gasteiger partial charge in [0.15, 0.2) is 0 Å². The van der Waals surface area contributed by atoms with Gasteiger partial charge in [0.25, 0.3) is 0 Å². The molecule has 21 heavy (non-hydrogen) atoms. The third-order valence-electron chi connectivity index (χ3n) is 5.58. The molecule has 3 fully saturated rings. The molecule has 5 heteroatoms. The standard InChI is InChI=1S/C16H21N3O2/c20-16(21)15-9-19(8-14-11-5-18-6-12(11)14)7-13(15)10-1-3-17-4-2-10/h1-4,11-15,18H,5-9H2,(H,20,21)/t11-,12+,13-,14?,15+/m0/s1. The number of hydrogen-bond acceptors (Lipinski definition) is 4. The number of hydrogen-bond donors (Lipinski definition) is 2. The molecular formula is C16H21N3O2. The lowest BCUT2D eigenvalue weighted by molar-refractivity contribution is -0.141. The summed E-state index contributed by atoms with van der Waals surface area (Å²) in [5.74, 6) is 1.61. The molecule has 5 nitrogen and oxygen atoms in total. The first-order chi connectivity index (χ1) is 10.2. The smallest absolute Gasteiger partial charge is 0.308 e. The van der Waals surface area contributed by atoms with Gasteiger partial charge in [-0.05, 0) is 48.5 Å². The number of carboxylic acids is 1. The van der Waals surface area contributed by atoms with E-state index in [1.807, 2.05) is 12.1 Å². The van der Waals surface area contributed by atoms with Crippen molar-refractivity contribution in [1.29, 1.82) is 0 Å². The average molecular weight is 287 g/mol. The predicted octanol–water partition coefficient (Wildman–Crippen LogP) is 0.647. The second-order valence-electron chi connectivity index (χ2n) is 6.70. The summed E-state index contributed by atoms with van der Waals surface area (Å²) in [6.07, 6.45) is 3.52. The van der Waals surface area contributed by atoms with E-state index in [9.17, 15) is 9.90 Å². The zero-order valence-corrected chi connectivity index (χ0v) is 12.0. The zero-order chi connectivity index (χ0) is 14.4. The fourth-order valence-electron chi connectivity index (χ4n) is 4.35. The lowest BCUT2D eigenvalue weighted by atomic mass is 9.90.